The van der Waals surface area contributed by atoms with Gasteiger partial charge in [-0.05, 0) is 138 Å². The second-order valence-corrected chi connectivity index (χ2v) is 84.9. The van der Waals surface area contributed by atoms with E-state index in [9.17, 15) is 0 Å². The molecule has 0 spiro atoms. The topological polar surface area (TPSA) is 0 Å². The maximum atomic E-state index is 3.00. The molecule has 0 saturated carbocycles. The van der Waals surface area contributed by atoms with Crippen LogP contribution in [0.25, 0.3) is 0 Å². The van der Waals surface area contributed by atoms with Gasteiger partial charge in [-0.15, -0.1) is 0 Å². The lowest BCUT2D eigenvalue weighted by molar-refractivity contribution is 0.810. The monoisotopic (exact) mass is 1070 g/mol. The molecule has 4 aromatic rings. The van der Waals surface area contributed by atoms with Crippen LogP contribution < -0.4 is 20.7 Å². The summed E-state index contributed by atoms with van der Waals surface area (Å²) in [5.74, 6) is 5.53. The Balaban J connectivity index is 2.51. The Kier molecular flexibility index (Phi) is 18.9. The molecule has 6 heteroatoms. The Morgan fingerprint density at radius 2 is 0.403 bits per heavy atom. The zero-order chi connectivity index (χ0) is 55.0. The largest absolute Gasteiger partial charge is 0.0722 e. The zero-order valence-corrected chi connectivity index (χ0v) is 58.5. The van der Waals surface area contributed by atoms with E-state index in [1.165, 1.54) is 0 Å². The van der Waals surface area contributed by atoms with Gasteiger partial charge in [0.1, 0.15) is 0 Å². The highest BCUT2D eigenvalue weighted by atomic mass is 30.4. The van der Waals surface area contributed by atoms with Gasteiger partial charge in [-0.1, -0.05) is 275 Å². The van der Waals surface area contributed by atoms with Crippen LogP contribution in [0.1, 0.15) is 304 Å². The van der Waals surface area contributed by atoms with Crippen molar-refractivity contribution in [2.75, 3.05) is 0 Å². The molecule has 0 atom stereocenters. The quantitative estimate of drug-likeness (QED) is 0.0871. The maximum Gasteiger partial charge on any atom is 0.0722 e. The van der Waals surface area contributed by atoms with Gasteiger partial charge in [-0.2, -0.15) is 0 Å². The van der Waals surface area contributed by atoms with Crippen LogP contribution in [0.3, 0.4) is 0 Å². The van der Waals surface area contributed by atoms with Crippen LogP contribution in [-0.4, -0.2) is 44.1 Å². The van der Waals surface area contributed by atoms with Crippen LogP contribution >= 0.6 is 0 Å². The van der Waals surface area contributed by atoms with E-state index in [2.05, 4.69) is 254 Å². The second kappa shape index (κ2) is 22.3. The third-order valence-electron chi connectivity index (χ3n) is 17.5. The van der Waals surface area contributed by atoms with E-state index in [1.807, 2.05) is 20.7 Å². The molecule has 4 aromatic carbocycles. The molecular formula is C66H110Si6. The molecule has 0 bridgehead atoms. The normalized spacial score (nSPS) is 18.8. The highest BCUT2D eigenvalue weighted by molar-refractivity contribution is 8.28. The minimum Gasteiger partial charge on any atom is -0.0716 e. The summed E-state index contributed by atoms with van der Waals surface area (Å²) in [5, 5.41) is 8.01. The van der Waals surface area contributed by atoms with Crippen molar-refractivity contribution >= 4 is 64.8 Å². The minimum absolute atomic E-state index is 0.448. The van der Waals surface area contributed by atoms with E-state index in [0.717, 1.165) is 0 Å². The van der Waals surface area contributed by atoms with Gasteiger partial charge in [0.15, 0.2) is 0 Å². The summed E-state index contributed by atoms with van der Waals surface area (Å²) in [7, 11) is -7.13. The van der Waals surface area contributed by atoms with Crippen LogP contribution in [0, 0.1) is 0 Å². The Morgan fingerprint density at radius 3 is 0.528 bits per heavy atom. The molecule has 0 nitrogen and oxygen atoms in total. The second-order valence-electron chi connectivity index (χ2n) is 28.9. The van der Waals surface area contributed by atoms with Crippen molar-refractivity contribution in [2.24, 2.45) is 0 Å². The first kappa shape index (κ1) is 61.0. The Hall–Kier alpha value is -1.82. The molecule has 1 heterocycles. The predicted octanol–water partition coefficient (Wildman–Crippen LogP) is 18.1. The summed E-state index contributed by atoms with van der Waals surface area (Å²) in [6.07, 6.45) is 0. The summed E-state index contributed by atoms with van der Waals surface area (Å²) >= 11 is 0. The Bertz CT molecular complexity index is 2250. The Morgan fingerprint density at radius 1 is 0.250 bits per heavy atom. The van der Waals surface area contributed by atoms with Crippen LogP contribution in [0.2, 0.25) is 39.3 Å². The van der Waals surface area contributed by atoms with Gasteiger partial charge in [0.05, 0.1) is 28.9 Å². The number of hydrogen-bond acceptors (Lipinski definition) is 0. The summed E-state index contributed by atoms with van der Waals surface area (Å²) < 4.78 is 0. The summed E-state index contributed by atoms with van der Waals surface area (Å²) in [6, 6.07) is 22.6. The average molecular weight is 1070 g/mol. The molecule has 398 valence electrons. The molecule has 1 aliphatic rings. The molecule has 1 fully saturated rings. The number of rotatable bonds is 18. The lowest BCUT2D eigenvalue weighted by Crippen LogP contribution is -3.14. The fourth-order valence-corrected chi connectivity index (χ4v) is 221. The van der Waals surface area contributed by atoms with E-state index in [-0.39, 0.29) is 0 Å². The first-order valence-corrected chi connectivity index (χ1v) is 49.4. The third kappa shape index (κ3) is 10.4. The SMILES string of the molecule is CC(C)c1cc(C(C)C)c([Si]2[Si](c3c(C(C)C)cc(C(C)C)cc3C(C)C)([Si](C)(C)C)[Si](c3c(C(C)C)cc(C(C)C)cc3C(C)C)[Si]2(c2c(C(C)C)cc(C(C)C)cc2C(C)C)[Si](C)(C)C)c(C(C)C)c1. The molecular weight excluding hydrogens is 961 g/mol. The maximum absolute atomic E-state index is 3.00. The summed E-state index contributed by atoms with van der Waals surface area (Å²) in [6.45, 7) is 74.0. The lowest BCUT2D eigenvalue weighted by Gasteiger charge is -2.75. The van der Waals surface area contributed by atoms with Crippen LogP contribution in [0.5, 0.6) is 0 Å². The summed E-state index contributed by atoms with van der Waals surface area (Å²) in [4.78, 5) is 0. The Labute approximate surface area is 453 Å². The van der Waals surface area contributed by atoms with Crippen molar-refractivity contribution in [3.8, 4) is 0 Å². The molecule has 1 saturated heterocycles. The summed E-state index contributed by atoms with van der Waals surface area (Å²) in [5.41, 5.74) is 20.3. The van der Waals surface area contributed by atoms with Crippen molar-refractivity contribution in [1.82, 2.24) is 0 Å². The fourth-order valence-electron chi connectivity index (χ4n) is 13.5. The van der Waals surface area contributed by atoms with Gasteiger partial charge < -0.3 is 0 Å². The fraction of sp³-hybridized carbons (Fsp3) is 0.636. The molecule has 0 unspecified atom stereocenters. The standard InChI is InChI=1S/C66H110Si6/c1-39(2)51-31-55(43(9)10)63(56(32-51)44(11)12)67-71(69(25,26)27,65-59(47(17)18)35-53(41(5)6)36-60(65)48(19)20)68(64-57(45(13)14)33-52(40(3)4)34-58(64)46(15)16)72(67,70(28,29)30)66-61(49(21)22)37-54(42(7)8)38-62(66)50(23)24/h31-50H,1-30H3. The van der Waals surface area contributed by atoms with Crippen LogP contribution in [-0.2, 0) is 0 Å². The molecule has 2 radical (unpaired) electrons. The molecule has 0 N–H and O–H groups in total. The van der Waals surface area contributed by atoms with E-state index >= 15 is 0 Å². The van der Waals surface area contributed by atoms with Crippen LogP contribution in [0.15, 0.2) is 48.5 Å². The molecule has 72 heavy (non-hydrogen) atoms. The lowest BCUT2D eigenvalue weighted by atomic mass is 9.89. The number of benzene rings is 4. The van der Waals surface area contributed by atoms with Gasteiger partial charge >= 0.3 is 0 Å². The van der Waals surface area contributed by atoms with E-state index < -0.39 is 44.1 Å². The molecule has 0 aromatic heterocycles. The van der Waals surface area contributed by atoms with Gasteiger partial charge in [-0.25, -0.2) is 0 Å². The van der Waals surface area contributed by atoms with Gasteiger partial charge in [0, 0.05) is 15.2 Å². The first-order chi connectivity index (χ1) is 33.0. The van der Waals surface area contributed by atoms with Crippen molar-refractivity contribution in [1.29, 1.82) is 0 Å². The van der Waals surface area contributed by atoms with Gasteiger partial charge in [0.2, 0.25) is 0 Å². The van der Waals surface area contributed by atoms with E-state index in [4.69, 9.17) is 0 Å². The van der Waals surface area contributed by atoms with Gasteiger partial charge in [-0.3, -0.25) is 0 Å². The molecule has 0 amide bonds. The highest BCUT2D eigenvalue weighted by Gasteiger charge is 2.84. The van der Waals surface area contributed by atoms with E-state index in [0.29, 0.717) is 71.0 Å². The average Bonchev–Trinajstić information content (AvgIpc) is 3.23. The highest BCUT2D eigenvalue weighted by Crippen LogP contribution is 2.52. The smallest absolute Gasteiger partial charge is 0.0716 e. The molecule has 5 rings (SSSR count). The van der Waals surface area contributed by atoms with Crippen LogP contribution in [0.4, 0.5) is 0 Å². The molecule has 0 aliphatic carbocycles. The molecule has 1 aliphatic heterocycles. The predicted molar refractivity (Wildman–Crippen MR) is 343 cm³/mol. The minimum atomic E-state index is -2.67. The van der Waals surface area contributed by atoms with Crippen molar-refractivity contribution in [3.63, 3.8) is 0 Å². The first-order valence-electron chi connectivity index (χ1n) is 29.4. The van der Waals surface area contributed by atoms with Crippen molar-refractivity contribution < 1.29 is 0 Å². The number of hydrogen-bond donors (Lipinski definition) is 0. The van der Waals surface area contributed by atoms with Crippen molar-refractivity contribution in [2.45, 2.75) is 276 Å². The zero-order valence-electron chi connectivity index (χ0n) is 52.5. The van der Waals surface area contributed by atoms with Gasteiger partial charge in [0.25, 0.3) is 0 Å². The third-order valence-corrected chi connectivity index (χ3v) is 136. The van der Waals surface area contributed by atoms with E-state index in [1.54, 1.807) is 66.8 Å². The van der Waals surface area contributed by atoms with Crippen molar-refractivity contribution in [3.05, 3.63) is 115 Å².